The number of hydrogen-bond donors (Lipinski definition) is 2. The van der Waals surface area contributed by atoms with Gasteiger partial charge in [0.1, 0.15) is 0 Å². The van der Waals surface area contributed by atoms with Crippen LogP contribution in [0.25, 0.3) is 0 Å². The van der Waals surface area contributed by atoms with Crippen molar-refractivity contribution in [2.75, 3.05) is 23.9 Å². The summed E-state index contributed by atoms with van der Waals surface area (Å²) in [5, 5.41) is 0. The Balaban J connectivity index is 2.05. The van der Waals surface area contributed by atoms with E-state index in [2.05, 4.69) is 20.4 Å². The average molecular weight is 262 g/mol. The molecule has 0 aromatic carbocycles. The maximum absolute atomic E-state index is 13.6. The summed E-state index contributed by atoms with van der Waals surface area (Å²) in [6.45, 7) is 0.592. The number of nitrogen functional groups attached to an aromatic ring is 1. The van der Waals surface area contributed by atoms with Crippen molar-refractivity contribution in [3.63, 3.8) is 0 Å². The third kappa shape index (κ3) is 3.35. The van der Waals surface area contributed by atoms with Gasteiger partial charge in [0.05, 0.1) is 6.20 Å². The van der Waals surface area contributed by atoms with Crippen LogP contribution >= 0.6 is 0 Å². The van der Waals surface area contributed by atoms with E-state index in [1.807, 2.05) is 18.2 Å². The first-order valence-electron chi connectivity index (χ1n) is 5.81. The molecule has 0 spiro atoms. The van der Waals surface area contributed by atoms with Gasteiger partial charge in [-0.05, 0) is 12.1 Å². The molecule has 100 valence electrons. The van der Waals surface area contributed by atoms with Crippen LogP contribution in [-0.4, -0.2) is 28.5 Å². The van der Waals surface area contributed by atoms with Crippen LogP contribution in [0.2, 0.25) is 0 Å². The molecule has 0 saturated carbocycles. The highest BCUT2D eigenvalue weighted by Crippen LogP contribution is 2.15. The topological polar surface area (TPSA) is 80.0 Å². The SMILES string of the molecule is CN(CCc1ccccn1)c1nc(NN)ncc1F. The molecule has 2 aromatic rings. The molecule has 2 rings (SSSR count). The van der Waals surface area contributed by atoms with Crippen molar-refractivity contribution in [1.82, 2.24) is 15.0 Å². The number of nitrogens with two attached hydrogens (primary N) is 1. The van der Waals surface area contributed by atoms with E-state index < -0.39 is 5.82 Å². The lowest BCUT2D eigenvalue weighted by molar-refractivity contribution is 0.607. The van der Waals surface area contributed by atoms with E-state index in [1.54, 1.807) is 18.1 Å². The molecular weight excluding hydrogens is 247 g/mol. The van der Waals surface area contributed by atoms with Crippen molar-refractivity contribution < 1.29 is 4.39 Å². The quantitative estimate of drug-likeness (QED) is 0.617. The fourth-order valence-electron chi connectivity index (χ4n) is 1.63. The van der Waals surface area contributed by atoms with Crippen LogP contribution in [0.1, 0.15) is 5.69 Å². The molecule has 0 radical (unpaired) electrons. The summed E-state index contributed by atoms with van der Waals surface area (Å²) in [6.07, 6.45) is 3.53. The van der Waals surface area contributed by atoms with E-state index in [9.17, 15) is 4.39 Å². The lowest BCUT2D eigenvalue weighted by Crippen LogP contribution is -2.24. The van der Waals surface area contributed by atoms with Gasteiger partial charge < -0.3 is 4.90 Å². The summed E-state index contributed by atoms with van der Waals surface area (Å²) in [4.78, 5) is 13.6. The first-order valence-corrected chi connectivity index (χ1v) is 5.81. The third-order valence-electron chi connectivity index (χ3n) is 2.65. The van der Waals surface area contributed by atoms with Crippen molar-refractivity contribution in [3.8, 4) is 0 Å². The smallest absolute Gasteiger partial charge is 0.239 e. The number of rotatable bonds is 5. The number of nitrogens with one attached hydrogen (secondary N) is 1. The predicted molar refractivity (Wildman–Crippen MR) is 71.0 cm³/mol. The Morgan fingerprint density at radius 2 is 2.21 bits per heavy atom. The van der Waals surface area contributed by atoms with Crippen molar-refractivity contribution in [2.24, 2.45) is 5.84 Å². The molecule has 0 fully saturated rings. The standard InChI is InChI=1S/C12H15FN6/c1-19(7-5-9-4-2-3-6-15-9)11-10(13)8-16-12(17-11)18-14/h2-4,6,8H,5,7,14H2,1H3,(H,16,17,18). The van der Waals surface area contributed by atoms with E-state index in [0.29, 0.717) is 13.0 Å². The summed E-state index contributed by atoms with van der Waals surface area (Å²) in [5.74, 6) is 5.11. The molecule has 3 N–H and O–H groups in total. The molecule has 0 aliphatic rings. The number of halogens is 1. The van der Waals surface area contributed by atoms with Gasteiger partial charge in [-0.15, -0.1) is 0 Å². The van der Waals surface area contributed by atoms with E-state index in [4.69, 9.17) is 5.84 Å². The minimum atomic E-state index is -0.484. The van der Waals surface area contributed by atoms with E-state index in [0.717, 1.165) is 11.9 Å². The number of likely N-dealkylation sites (N-methyl/N-ethyl adjacent to an activating group) is 1. The molecule has 0 unspecified atom stereocenters. The number of anilines is 2. The first-order chi connectivity index (χ1) is 9.20. The number of aromatic nitrogens is 3. The van der Waals surface area contributed by atoms with Crippen molar-refractivity contribution in [2.45, 2.75) is 6.42 Å². The van der Waals surface area contributed by atoms with Gasteiger partial charge in [-0.25, -0.2) is 15.2 Å². The predicted octanol–water partition coefficient (Wildman–Crippen LogP) is 0.975. The van der Waals surface area contributed by atoms with Crippen LogP contribution in [0, 0.1) is 5.82 Å². The summed E-state index contributed by atoms with van der Waals surface area (Å²) in [5.41, 5.74) is 3.24. The van der Waals surface area contributed by atoms with E-state index >= 15 is 0 Å². The molecule has 0 aliphatic heterocycles. The normalized spacial score (nSPS) is 10.3. The second kappa shape index (κ2) is 6.05. The van der Waals surface area contributed by atoms with Gasteiger partial charge in [-0.3, -0.25) is 10.4 Å². The third-order valence-corrected chi connectivity index (χ3v) is 2.65. The Kier molecular flexibility index (Phi) is 4.19. The monoisotopic (exact) mass is 262 g/mol. The van der Waals surface area contributed by atoms with Crippen LogP contribution in [0.4, 0.5) is 16.2 Å². The van der Waals surface area contributed by atoms with Gasteiger partial charge in [0, 0.05) is 31.9 Å². The molecule has 0 atom stereocenters. The number of pyridine rings is 1. The maximum atomic E-state index is 13.6. The lowest BCUT2D eigenvalue weighted by Gasteiger charge is -2.18. The summed E-state index contributed by atoms with van der Waals surface area (Å²) in [7, 11) is 1.76. The first kappa shape index (κ1) is 13.2. The molecule has 7 heteroatoms. The average Bonchev–Trinajstić information content (AvgIpc) is 2.46. The molecule has 2 heterocycles. The number of hydrazine groups is 1. The Labute approximate surface area is 110 Å². The minimum absolute atomic E-state index is 0.182. The summed E-state index contributed by atoms with van der Waals surface area (Å²) < 4.78 is 13.6. The molecule has 2 aromatic heterocycles. The fraction of sp³-hybridized carbons (Fsp3) is 0.250. The van der Waals surface area contributed by atoms with Gasteiger partial charge in [0.15, 0.2) is 11.6 Å². The summed E-state index contributed by atoms with van der Waals surface area (Å²) >= 11 is 0. The van der Waals surface area contributed by atoms with Gasteiger partial charge in [0.2, 0.25) is 5.95 Å². The van der Waals surface area contributed by atoms with Gasteiger partial charge in [0.25, 0.3) is 0 Å². The zero-order valence-corrected chi connectivity index (χ0v) is 10.5. The maximum Gasteiger partial charge on any atom is 0.239 e. The van der Waals surface area contributed by atoms with Crippen LogP contribution in [0.3, 0.4) is 0 Å². The minimum Gasteiger partial charge on any atom is -0.357 e. The van der Waals surface area contributed by atoms with Crippen molar-refractivity contribution in [3.05, 3.63) is 42.1 Å². The highest BCUT2D eigenvalue weighted by Gasteiger charge is 2.11. The van der Waals surface area contributed by atoms with Crippen molar-refractivity contribution >= 4 is 11.8 Å². The molecule has 0 aliphatic carbocycles. The van der Waals surface area contributed by atoms with Gasteiger partial charge in [-0.1, -0.05) is 6.07 Å². The molecule has 19 heavy (non-hydrogen) atoms. The zero-order chi connectivity index (χ0) is 13.7. The van der Waals surface area contributed by atoms with Crippen molar-refractivity contribution in [1.29, 1.82) is 0 Å². The molecule has 0 bridgehead atoms. The number of nitrogens with zero attached hydrogens (tertiary/aromatic N) is 4. The Hall–Kier alpha value is -2.28. The van der Waals surface area contributed by atoms with Crippen LogP contribution in [0.15, 0.2) is 30.6 Å². The lowest BCUT2D eigenvalue weighted by atomic mass is 10.2. The number of hydrogen-bond acceptors (Lipinski definition) is 6. The fourth-order valence-corrected chi connectivity index (χ4v) is 1.63. The second-order valence-electron chi connectivity index (χ2n) is 4.00. The Bertz CT molecular complexity index is 533. The second-order valence-corrected chi connectivity index (χ2v) is 4.00. The van der Waals surface area contributed by atoms with Crippen LogP contribution in [-0.2, 0) is 6.42 Å². The molecule has 6 nitrogen and oxygen atoms in total. The zero-order valence-electron chi connectivity index (χ0n) is 10.5. The van der Waals surface area contributed by atoms with Gasteiger partial charge >= 0.3 is 0 Å². The van der Waals surface area contributed by atoms with Gasteiger partial charge in [-0.2, -0.15) is 4.98 Å². The van der Waals surface area contributed by atoms with E-state index in [-0.39, 0.29) is 11.8 Å². The largest absolute Gasteiger partial charge is 0.357 e. The molecular formula is C12H15FN6. The van der Waals surface area contributed by atoms with E-state index in [1.165, 1.54) is 0 Å². The Morgan fingerprint density at radius 3 is 2.89 bits per heavy atom. The summed E-state index contributed by atoms with van der Waals surface area (Å²) in [6, 6.07) is 5.71. The van der Waals surface area contributed by atoms with Crippen LogP contribution < -0.4 is 16.2 Å². The highest BCUT2D eigenvalue weighted by atomic mass is 19.1. The van der Waals surface area contributed by atoms with Crippen LogP contribution in [0.5, 0.6) is 0 Å². The highest BCUT2D eigenvalue weighted by molar-refractivity contribution is 5.42. The Morgan fingerprint density at radius 1 is 1.37 bits per heavy atom. The molecule has 0 saturated heterocycles. The molecule has 0 amide bonds.